The summed E-state index contributed by atoms with van der Waals surface area (Å²) in [6.07, 6.45) is 0. The minimum absolute atomic E-state index is 0.235. The van der Waals surface area contributed by atoms with Crippen molar-refractivity contribution in [1.29, 1.82) is 0 Å². The molecule has 1 N–H and O–H groups in total. The lowest BCUT2D eigenvalue weighted by atomic mass is 10.2. The van der Waals surface area contributed by atoms with E-state index in [1.165, 1.54) is 6.07 Å². The predicted molar refractivity (Wildman–Crippen MR) is 58.6 cm³/mol. The van der Waals surface area contributed by atoms with Crippen LogP contribution in [0.3, 0.4) is 0 Å². The van der Waals surface area contributed by atoms with Gasteiger partial charge in [0.25, 0.3) is 0 Å². The van der Waals surface area contributed by atoms with Gasteiger partial charge < -0.3 is 10.2 Å². The number of anilines is 1. The Balaban J connectivity index is 2.24. The Morgan fingerprint density at radius 2 is 2.33 bits per heavy atom. The van der Waals surface area contributed by atoms with Crippen LogP contribution in [0.5, 0.6) is 0 Å². The van der Waals surface area contributed by atoms with Crippen molar-refractivity contribution in [2.75, 3.05) is 24.5 Å². The summed E-state index contributed by atoms with van der Waals surface area (Å²) in [5.74, 6) is 0.643. The van der Waals surface area contributed by atoms with Gasteiger partial charge in [0.05, 0.1) is 5.69 Å². The molecule has 1 aliphatic rings. The van der Waals surface area contributed by atoms with Crippen LogP contribution >= 0.6 is 0 Å². The van der Waals surface area contributed by atoms with Gasteiger partial charge in [0.15, 0.2) is 0 Å². The lowest BCUT2D eigenvalue weighted by molar-refractivity contribution is 0.495. The molecule has 0 aliphatic carbocycles. The maximum absolute atomic E-state index is 13.1. The van der Waals surface area contributed by atoms with Crippen LogP contribution in [0, 0.1) is 12.7 Å². The maximum Gasteiger partial charge on any atom is 0.144 e. The fourth-order valence-electron chi connectivity index (χ4n) is 1.87. The summed E-state index contributed by atoms with van der Waals surface area (Å²) in [4.78, 5) is 6.48. The first kappa shape index (κ1) is 10.4. The average molecular weight is 209 g/mol. The second kappa shape index (κ2) is 4.14. The normalized spacial score (nSPS) is 21.8. The Kier molecular flexibility index (Phi) is 2.86. The van der Waals surface area contributed by atoms with Gasteiger partial charge in [-0.3, -0.25) is 0 Å². The molecule has 1 aromatic rings. The Morgan fingerprint density at radius 3 is 3.00 bits per heavy atom. The fourth-order valence-corrected chi connectivity index (χ4v) is 1.87. The second-order valence-corrected chi connectivity index (χ2v) is 3.98. The lowest BCUT2D eigenvalue weighted by Gasteiger charge is -2.35. The molecule has 0 saturated carbocycles. The van der Waals surface area contributed by atoms with E-state index in [1.807, 2.05) is 0 Å². The molecule has 2 rings (SSSR count). The number of nitrogens with zero attached hydrogens (tertiary/aromatic N) is 2. The summed E-state index contributed by atoms with van der Waals surface area (Å²) in [5, 5.41) is 3.32. The average Bonchev–Trinajstić information content (AvgIpc) is 2.23. The first-order valence-corrected chi connectivity index (χ1v) is 5.29. The molecule has 1 atom stereocenters. The van der Waals surface area contributed by atoms with E-state index in [9.17, 15) is 4.39 Å². The van der Waals surface area contributed by atoms with Gasteiger partial charge in [-0.15, -0.1) is 0 Å². The molecule has 1 aromatic heterocycles. The molecule has 0 bridgehead atoms. The van der Waals surface area contributed by atoms with Gasteiger partial charge in [0.1, 0.15) is 11.6 Å². The molecule has 15 heavy (non-hydrogen) atoms. The highest BCUT2D eigenvalue weighted by Gasteiger charge is 2.19. The maximum atomic E-state index is 13.1. The van der Waals surface area contributed by atoms with Crippen LogP contribution in [0.2, 0.25) is 0 Å². The number of piperazine rings is 1. The van der Waals surface area contributed by atoms with Crippen LogP contribution in [-0.4, -0.2) is 30.7 Å². The summed E-state index contributed by atoms with van der Waals surface area (Å²) in [5.41, 5.74) is 0.471. The summed E-state index contributed by atoms with van der Waals surface area (Å²) < 4.78 is 13.1. The third kappa shape index (κ3) is 2.09. The Morgan fingerprint density at radius 1 is 1.53 bits per heavy atom. The van der Waals surface area contributed by atoms with Crippen molar-refractivity contribution in [1.82, 2.24) is 10.3 Å². The van der Waals surface area contributed by atoms with E-state index in [2.05, 4.69) is 22.1 Å². The fraction of sp³-hybridized carbons (Fsp3) is 0.545. The molecular formula is C11H16FN3. The highest BCUT2D eigenvalue weighted by molar-refractivity contribution is 5.41. The largest absolute Gasteiger partial charge is 0.351 e. The Labute approximate surface area is 89.3 Å². The van der Waals surface area contributed by atoms with Crippen molar-refractivity contribution < 1.29 is 4.39 Å². The van der Waals surface area contributed by atoms with Gasteiger partial charge in [0.2, 0.25) is 0 Å². The summed E-state index contributed by atoms with van der Waals surface area (Å²) in [6.45, 7) is 6.69. The summed E-state index contributed by atoms with van der Waals surface area (Å²) >= 11 is 0. The SMILES string of the molecule is Cc1nc(N2CCNC[C@H]2C)ccc1F. The monoisotopic (exact) mass is 209 g/mol. The second-order valence-electron chi connectivity index (χ2n) is 3.98. The zero-order chi connectivity index (χ0) is 10.8. The number of rotatable bonds is 1. The van der Waals surface area contributed by atoms with Gasteiger partial charge >= 0.3 is 0 Å². The number of pyridine rings is 1. The number of aryl methyl sites for hydroxylation is 1. The zero-order valence-corrected chi connectivity index (χ0v) is 9.13. The molecule has 2 heterocycles. The topological polar surface area (TPSA) is 28.2 Å². The van der Waals surface area contributed by atoms with Gasteiger partial charge in [0, 0.05) is 25.7 Å². The Bertz CT molecular complexity index is 354. The van der Waals surface area contributed by atoms with Crippen LogP contribution in [-0.2, 0) is 0 Å². The third-order valence-electron chi connectivity index (χ3n) is 2.80. The van der Waals surface area contributed by atoms with Crippen LogP contribution in [0.4, 0.5) is 10.2 Å². The minimum atomic E-state index is -0.235. The molecular weight excluding hydrogens is 193 g/mol. The number of nitrogens with one attached hydrogen (secondary N) is 1. The van der Waals surface area contributed by atoms with E-state index in [0.29, 0.717) is 11.7 Å². The molecule has 1 fully saturated rings. The standard InChI is InChI=1S/C11H16FN3/c1-8-7-13-5-6-15(8)11-4-3-10(12)9(2)14-11/h3-4,8,13H,5-7H2,1-2H3/t8-/m1/s1. The Hall–Kier alpha value is -1.16. The smallest absolute Gasteiger partial charge is 0.144 e. The molecule has 3 nitrogen and oxygen atoms in total. The third-order valence-corrected chi connectivity index (χ3v) is 2.80. The van der Waals surface area contributed by atoms with Gasteiger partial charge in [-0.1, -0.05) is 0 Å². The van der Waals surface area contributed by atoms with Crippen LogP contribution < -0.4 is 10.2 Å². The molecule has 1 aliphatic heterocycles. The van der Waals surface area contributed by atoms with Crippen molar-refractivity contribution in [2.24, 2.45) is 0 Å². The van der Waals surface area contributed by atoms with E-state index in [-0.39, 0.29) is 5.82 Å². The first-order valence-electron chi connectivity index (χ1n) is 5.29. The van der Waals surface area contributed by atoms with Crippen molar-refractivity contribution in [3.05, 3.63) is 23.6 Å². The highest BCUT2D eigenvalue weighted by atomic mass is 19.1. The van der Waals surface area contributed by atoms with E-state index in [0.717, 1.165) is 25.5 Å². The van der Waals surface area contributed by atoms with E-state index in [4.69, 9.17) is 0 Å². The van der Waals surface area contributed by atoms with Crippen LogP contribution in [0.25, 0.3) is 0 Å². The molecule has 0 amide bonds. The molecule has 0 radical (unpaired) electrons. The molecule has 0 spiro atoms. The van der Waals surface area contributed by atoms with Crippen LogP contribution in [0.15, 0.2) is 12.1 Å². The van der Waals surface area contributed by atoms with Crippen molar-refractivity contribution >= 4 is 5.82 Å². The highest BCUT2D eigenvalue weighted by Crippen LogP contribution is 2.17. The van der Waals surface area contributed by atoms with Crippen molar-refractivity contribution in [3.8, 4) is 0 Å². The number of hydrogen-bond acceptors (Lipinski definition) is 3. The minimum Gasteiger partial charge on any atom is -0.351 e. The van der Waals surface area contributed by atoms with Gasteiger partial charge in [-0.2, -0.15) is 0 Å². The molecule has 0 unspecified atom stereocenters. The first-order chi connectivity index (χ1) is 7.18. The molecule has 4 heteroatoms. The molecule has 1 saturated heterocycles. The number of hydrogen-bond donors (Lipinski definition) is 1. The molecule has 0 aromatic carbocycles. The van der Waals surface area contributed by atoms with E-state index < -0.39 is 0 Å². The van der Waals surface area contributed by atoms with Gasteiger partial charge in [-0.25, -0.2) is 9.37 Å². The number of halogens is 1. The van der Waals surface area contributed by atoms with Crippen LogP contribution in [0.1, 0.15) is 12.6 Å². The van der Waals surface area contributed by atoms with E-state index >= 15 is 0 Å². The molecule has 82 valence electrons. The van der Waals surface area contributed by atoms with E-state index in [1.54, 1.807) is 13.0 Å². The lowest BCUT2D eigenvalue weighted by Crippen LogP contribution is -2.50. The quantitative estimate of drug-likeness (QED) is 0.756. The summed E-state index contributed by atoms with van der Waals surface area (Å²) in [7, 11) is 0. The van der Waals surface area contributed by atoms with Gasteiger partial charge in [-0.05, 0) is 26.0 Å². The van der Waals surface area contributed by atoms with Crippen molar-refractivity contribution in [2.45, 2.75) is 19.9 Å². The predicted octanol–water partition coefficient (Wildman–Crippen LogP) is 1.33. The van der Waals surface area contributed by atoms with Crippen molar-refractivity contribution in [3.63, 3.8) is 0 Å². The number of aromatic nitrogens is 1. The zero-order valence-electron chi connectivity index (χ0n) is 9.13. The summed E-state index contributed by atoms with van der Waals surface area (Å²) in [6, 6.07) is 3.66.